The summed E-state index contributed by atoms with van der Waals surface area (Å²) in [5, 5.41) is 21.3. The summed E-state index contributed by atoms with van der Waals surface area (Å²) >= 11 is 0. The second-order valence-electron chi connectivity index (χ2n) is 7.38. The van der Waals surface area contributed by atoms with Crippen LogP contribution in [-0.4, -0.2) is 54.3 Å². The van der Waals surface area contributed by atoms with E-state index >= 15 is 0 Å². The lowest BCUT2D eigenvalue weighted by atomic mass is 10.1. The number of nitro groups is 1. The maximum atomic E-state index is 12.6. The van der Waals surface area contributed by atoms with Crippen LogP contribution in [0, 0.1) is 21.4 Å². The molecular formula is C24H31N3O9. The van der Waals surface area contributed by atoms with Gasteiger partial charge in [0, 0.05) is 19.2 Å². The zero-order chi connectivity index (χ0) is 27.1. The molecule has 0 heterocycles. The molecular weight excluding hydrogens is 474 g/mol. The van der Waals surface area contributed by atoms with Crippen molar-refractivity contribution in [2.75, 3.05) is 26.3 Å². The van der Waals surface area contributed by atoms with Crippen LogP contribution >= 0.6 is 0 Å². The van der Waals surface area contributed by atoms with Gasteiger partial charge in [0.1, 0.15) is 11.6 Å². The summed E-state index contributed by atoms with van der Waals surface area (Å²) in [6.07, 6.45) is 1.30. The van der Waals surface area contributed by atoms with Crippen molar-refractivity contribution in [3.63, 3.8) is 0 Å². The van der Waals surface area contributed by atoms with Gasteiger partial charge in [-0.2, -0.15) is 5.26 Å². The predicted molar refractivity (Wildman–Crippen MR) is 128 cm³/mol. The minimum Gasteiger partial charge on any atom is -0.434 e. The van der Waals surface area contributed by atoms with Crippen LogP contribution < -0.4 is 9.47 Å². The monoisotopic (exact) mass is 505 g/mol. The Kier molecular flexibility index (Phi) is 13.0. The molecule has 0 spiro atoms. The highest BCUT2D eigenvalue weighted by molar-refractivity contribution is 6.01. The molecule has 1 aromatic carbocycles. The number of unbranched alkanes of at least 4 members (excludes halogenated alkanes) is 2. The molecule has 1 amide bonds. The predicted octanol–water partition coefficient (Wildman–Crippen LogP) is 5.00. The number of benzene rings is 1. The van der Waals surface area contributed by atoms with Crippen molar-refractivity contribution < 1.29 is 38.3 Å². The van der Waals surface area contributed by atoms with E-state index in [0.717, 1.165) is 31.1 Å². The maximum Gasteiger partial charge on any atom is 0.514 e. The van der Waals surface area contributed by atoms with Crippen LogP contribution in [0.1, 0.15) is 58.9 Å². The first-order chi connectivity index (χ1) is 17.2. The van der Waals surface area contributed by atoms with Crippen LogP contribution in [0.2, 0.25) is 0 Å². The topological polar surface area (TPSA) is 158 Å². The van der Waals surface area contributed by atoms with Gasteiger partial charge in [0.2, 0.25) is 0 Å². The highest BCUT2D eigenvalue weighted by Gasteiger charge is 2.28. The second-order valence-corrected chi connectivity index (χ2v) is 7.38. The van der Waals surface area contributed by atoms with Gasteiger partial charge >= 0.3 is 18.0 Å². The molecule has 0 aromatic heterocycles. The third-order valence-electron chi connectivity index (χ3n) is 4.78. The molecule has 0 saturated heterocycles. The number of amides is 1. The van der Waals surface area contributed by atoms with Crippen LogP contribution in [0.4, 0.5) is 15.3 Å². The minimum atomic E-state index is -1.23. The molecule has 1 aromatic rings. The standard InChI is InChI=1S/C24H31N3O9/c1-5-9-11-33-23(29)35-20-15-17(13-18(16-25)22(28)26(7-3)8-4)14-19(27(31)32)21(20)36-24(30)34-12-10-6-2/h13-15H,5-12H2,1-4H3/b18-13+. The van der Waals surface area contributed by atoms with E-state index in [-0.39, 0.29) is 24.4 Å². The van der Waals surface area contributed by atoms with Crippen LogP contribution in [0.5, 0.6) is 11.5 Å². The minimum absolute atomic E-state index is 0.0122. The Balaban J connectivity index is 3.53. The number of hydrogen-bond donors (Lipinski definition) is 0. The third kappa shape index (κ3) is 9.25. The van der Waals surface area contributed by atoms with Crippen molar-refractivity contribution in [1.29, 1.82) is 5.26 Å². The number of nitrogens with zero attached hydrogens (tertiary/aromatic N) is 3. The second kappa shape index (κ2) is 15.7. The van der Waals surface area contributed by atoms with E-state index < -0.39 is 40.3 Å². The van der Waals surface area contributed by atoms with Crippen molar-refractivity contribution in [3.8, 4) is 17.6 Å². The van der Waals surface area contributed by atoms with Gasteiger partial charge in [0.15, 0.2) is 5.75 Å². The van der Waals surface area contributed by atoms with E-state index in [1.807, 2.05) is 13.8 Å². The first-order valence-electron chi connectivity index (χ1n) is 11.6. The molecule has 0 aliphatic carbocycles. The Labute approximate surface area is 209 Å². The molecule has 36 heavy (non-hydrogen) atoms. The summed E-state index contributed by atoms with van der Waals surface area (Å²) in [5.41, 5.74) is -1.06. The highest BCUT2D eigenvalue weighted by Crippen LogP contribution is 2.39. The molecule has 12 heteroatoms. The smallest absolute Gasteiger partial charge is 0.434 e. The number of likely N-dealkylation sites (N-methyl/N-ethyl adjacent to an activating group) is 1. The Morgan fingerprint density at radius 1 is 1.00 bits per heavy atom. The normalized spacial score (nSPS) is 10.7. The van der Waals surface area contributed by atoms with Crippen molar-refractivity contribution >= 4 is 30.0 Å². The molecule has 0 fully saturated rings. The number of nitriles is 1. The van der Waals surface area contributed by atoms with Gasteiger partial charge in [0.05, 0.1) is 18.1 Å². The lowest BCUT2D eigenvalue weighted by molar-refractivity contribution is -0.385. The molecule has 0 saturated carbocycles. The van der Waals surface area contributed by atoms with E-state index in [1.54, 1.807) is 19.9 Å². The first-order valence-corrected chi connectivity index (χ1v) is 11.6. The lowest BCUT2D eigenvalue weighted by Crippen LogP contribution is -2.31. The van der Waals surface area contributed by atoms with Crippen LogP contribution in [0.25, 0.3) is 6.08 Å². The zero-order valence-electron chi connectivity index (χ0n) is 20.9. The fourth-order valence-electron chi connectivity index (χ4n) is 2.83. The van der Waals surface area contributed by atoms with E-state index in [9.17, 15) is 29.8 Å². The number of carbonyl (C=O) groups excluding carboxylic acids is 3. The van der Waals surface area contributed by atoms with Gasteiger partial charge in [-0.05, 0) is 44.4 Å². The number of carbonyl (C=O) groups is 3. The fraction of sp³-hybridized carbons (Fsp3) is 0.500. The average Bonchev–Trinajstić information content (AvgIpc) is 2.84. The zero-order valence-corrected chi connectivity index (χ0v) is 20.9. The molecule has 0 unspecified atom stereocenters. The molecule has 0 atom stereocenters. The van der Waals surface area contributed by atoms with Gasteiger partial charge in [0.25, 0.3) is 11.7 Å². The molecule has 12 nitrogen and oxygen atoms in total. The number of ether oxygens (including phenoxy) is 4. The van der Waals surface area contributed by atoms with Crippen LogP contribution in [0.15, 0.2) is 17.7 Å². The Morgan fingerprint density at radius 2 is 1.56 bits per heavy atom. The number of rotatable bonds is 13. The van der Waals surface area contributed by atoms with Gasteiger partial charge in [-0.3, -0.25) is 14.9 Å². The molecule has 196 valence electrons. The van der Waals surface area contributed by atoms with E-state index in [1.165, 1.54) is 4.90 Å². The fourth-order valence-corrected chi connectivity index (χ4v) is 2.83. The molecule has 0 bridgehead atoms. The van der Waals surface area contributed by atoms with Gasteiger partial charge in [-0.1, -0.05) is 26.7 Å². The summed E-state index contributed by atoms with van der Waals surface area (Å²) in [7, 11) is 0. The van der Waals surface area contributed by atoms with Crippen molar-refractivity contribution in [1.82, 2.24) is 4.90 Å². The number of hydrogen-bond acceptors (Lipinski definition) is 10. The third-order valence-corrected chi connectivity index (χ3v) is 4.78. The van der Waals surface area contributed by atoms with Crippen LogP contribution in [0.3, 0.4) is 0 Å². The average molecular weight is 506 g/mol. The summed E-state index contributed by atoms with van der Waals surface area (Å²) in [5.74, 6) is -1.77. The molecule has 0 aliphatic rings. The highest BCUT2D eigenvalue weighted by atomic mass is 16.7. The Hall–Kier alpha value is -4.14. The first kappa shape index (κ1) is 29.9. The van der Waals surface area contributed by atoms with Crippen molar-refractivity contribution in [2.45, 2.75) is 53.4 Å². The Morgan fingerprint density at radius 3 is 2.03 bits per heavy atom. The quantitative estimate of drug-likeness (QED) is 0.0679. The van der Waals surface area contributed by atoms with Crippen molar-refractivity contribution in [3.05, 3.63) is 33.4 Å². The van der Waals surface area contributed by atoms with Gasteiger partial charge in [-0.25, -0.2) is 9.59 Å². The molecule has 1 rings (SSSR count). The number of nitro benzene ring substituents is 1. The molecule has 0 radical (unpaired) electrons. The lowest BCUT2D eigenvalue weighted by Gasteiger charge is -2.17. The van der Waals surface area contributed by atoms with E-state index in [4.69, 9.17) is 18.9 Å². The SMILES string of the molecule is CCCCOC(=O)Oc1cc(/C=C(\C#N)C(=O)N(CC)CC)cc([N+](=O)[O-])c1OC(=O)OCCCC. The Bertz CT molecular complexity index is 1010. The summed E-state index contributed by atoms with van der Waals surface area (Å²) in [6, 6.07) is 3.88. The van der Waals surface area contributed by atoms with E-state index in [0.29, 0.717) is 25.9 Å². The van der Waals surface area contributed by atoms with E-state index in [2.05, 4.69) is 0 Å². The summed E-state index contributed by atoms with van der Waals surface area (Å²) < 4.78 is 20.0. The molecule has 0 N–H and O–H groups in total. The van der Waals surface area contributed by atoms with Gasteiger partial charge in [-0.15, -0.1) is 0 Å². The van der Waals surface area contributed by atoms with Crippen LogP contribution in [-0.2, 0) is 14.3 Å². The van der Waals surface area contributed by atoms with Gasteiger partial charge < -0.3 is 23.8 Å². The maximum absolute atomic E-state index is 12.6. The summed E-state index contributed by atoms with van der Waals surface area (Å²) in [6.45, 7) is 8.00. The van der Waals surface area contributed by atoms with Crippen molar-refractivity contribution in [2.24, 2.45) is 0 Å². The molecule has 0 aliphatic heterocycles. The summed E-state index contributed by atoms with van der Waals surface area (Å²) in [4.78, 5) is 49.2. The largest absolute Gasteiger partial charge is 0.514 e.